The molecule has 1 aromatic heterocycles. The molecule has 1 aliphatic rings. The monoisotopic (exact) mass is 557 g/mol. The van der Waals surface area contributed by atoms with Crippen LogP contribution in [0.3, 0.4) is 0 Å². The minimum Gasteiger partial charge on any atom is -0.493 e. The van der Waals surface area contributed by atoms with Gasteiger partial charge in [-0.25, -0.2) is 4.99 Å². The van der Waals surface area contributed by atoms with E-state index in [0.29, 0.717) is 32.3 Å². The fourth-order valence-corrected chi connectivity index (χ4v) is 3.30. The summed E-state index contributed by atoms with van der Waals surface area (Å²) in [6, 6.07) is 10.1. The van der Waals surface area contributed by atoms with Gasteiger partial charge in [-0.05, 0) is 50.5 Å². The summed E-state index contributed by atoms with van der Waals surface area (Å²) < 4.78 is 22.5. The van der Waals surface area contributed by atoms with Gasteiger partial charge in [0.25, 0.3) is 0 Å². The van der Waals surface area contributed by atoms with Crippen LogP contribution < -0.4 is 15.4 Å². The first-order valence-electron chi connectivity index (χ1n) is 11.2. The van der Waals surface area contributed by atoms with Crippen LogP contribution >= 0.6 is 24.0 Å². The van der Waals surface area contributed by atoms with Gasteiger partial charge in [0, 0.05) is 37.8 Å². The van der Waals surface area contributed by atoms with Gasteiger partial charge in [0.1, 0.15) is 18.1 Å². The highest BCUT2D eigenvalue weighted by atomic mass is 127. The maximum atomic E-state index is 6.14. The molecule has 3 rings (SSSR count). The van der Waals surface area contributed by atoms with Crippen LogP contribution in [0.25, 0.3) is 0 Å². The smallest absolute Gasteiger partial charge is 0.191 e. The highest BCUT2D eigenvalue weighted by Gasteiger charge is 2.17. The van der Waals surface area contributed by atoms with E-state index in [1.807, 2.05) is 12.1 Å². The number of nitrogens with one attached hydrogen (secondary N) is 2. The van der Waals surface area contributed by atoms with E-state index in [0.717, 1.165) is 62.2 Å². The van der Waals surface area contributed by atoms with E-state index in [9.17, 15) is 0 Å². The third-order valence-electron chi connectivity index (χ3n) is 5.06. The van der Waals surface area contributed by atoms with Crippen molar-refractivity contribution in [1.82, 2.24) is 10.6 Å². The molecule has 0 amide bonds. The third kappa shape index (κ3) is 9.38. The molecule has 1 aliphatic heterocycles. The summed E-state index contributed by atoms with van der Waals surface area (Å²) in [5, 5.41) is 6.67. The van der Waals surface area contributed by atoms with Gasteiger partial charge in [-0.3, -0.25) is 0 Å². The number of halogens is 1. The van der Waals surface area contributed by atoms with Crippen molar-refractivity contribution in [2.45, 2.75) is 39.8 Å². The molecular weight excluding hydrogens is 521 g/mol. The second-order valence-corrected chi connectivity index (χ2v) is 7.76. The molecular formula is C24H36IN3O4. The molecule has 0 saturated carbocycles. The van der Waals surface area contributed by atoms with E-state index < -0.39 is 0 Å². The van der Waals surface area contributed by atoms with Gasteiger partial charge < -0.3 is 29.3 Å². The summed E-state index contributed by atoms with van der Waals surface area (Å²) in [7, 11) is 0. The molecule has 32 heavy (non-hydrogen) atoms. The average Bonchev–Trinajstić information content (AvgIpc) is 3.48. The first-order chi connectivity index (χ1) is 15.2. The fraction of sp³-hybridized carbons (Fsp3) is 0.542. The topological polar surface area (TPSA) is 77.3 Å². The summed E-state index contributed by atoms with van der Waals surface area (Å²) in [5.41, 5.74) is 2.27. The van der Waals surface area contributed by atoms with Crippen molar-refractivity contribution in [2.75, 3.05) is 39.5 Å². The largest absolute Gasteiger partial charge is 0.493 e. The molecule has 1 aromatic carbocycles. The Morgan fingerprint density at radius 2 is 2.16 bits per heavy atom. The van der Waals surface area contributed by atoms with Crippen molar-refractivity contribution in [2.24, 2.45) is 10.9 Å². The molecule has 1 saturated heterocycles. The number of hydrogen-bond donors (Lipinski definition) is 2. The number of benzene rings is 1. The van der Waals surface area contributed by atoms with Crippen molar-refractivity contribution in [3.63, 3.8) is 0 Å². The molecule has 1 unspecified atom stereocenters. The van der Waals surface area contributed by atoms with Crippen molar-refractivity contribution >= 4 is 29.9 Å². The lowest BCUT2D eigenvalue weighted by molar-refractivity contribution is 0.105. The highest BCUT2D eigenvalue weighted by molar-refractivity contribution is 14.0. The lowest BCUT2D eigenvalue weighted by atomic mass is 10.1. The Morgan fingerprint density at radius 1 is 1.25 bits per heavy atom. The Hall–Kier alpha value is -1.78. The Balaban J connectivity index is 0.00000363. The predicted molar refractivity (Wildman–Crippen MR) is 137 cm³/mol. The second-order valence-electron chi connectivity index (χ2n) is 7.76. The van der Waals surface area contributed by atoms with E-state index in [1.165, 1.54) is 5.56 Å². The molecule has 7 nitrogen and oxygen atoms in total. The molecule has 0 bridgehead atoms. The molecule has 178 valence electrons. The van der Waals surface area contributed by atoms with Gasteiger partial charge in [-0.2, -0.15) is 0 Å². The van der Waals surface area contributed by atoms with Gasteiger partial charge in [0.05, 0.1) is 26.0 Å². The number of ether oxygens (including phenoxy) is 3. The van der Waals surface area contributed by atoms with Crippen LogP contribution in [0.15, 0.2) is 46.0 Å². The van der Waals surface area contributed by atoms with E-state index in [4.69, 9.17) is 23.6 Å². The molecule has 0 aliphatic carbocycles. The second kappa shape index (κ2) is 15.1. The number of aliphatic imine (C=N–C) groups is 1. The molecule has 0 spiro atoms. The van der Waals surface area contributed by atoms with Gasteiger partial charge in [-0.1, -0.05) is 12.1 Å². The van der Waals surface area contributed by atoms with Gasteiger partial charge in [0.2, 0.25) is 0 Å². The zero-order valence-corrected chi connectivity index (χ0v) is 21.4. The van der Waals surface area contributed by atoms with Crippen LogP contribution in [-0.4, -0.2) is 45.5 Å². The minimum absolute atomic E-state index is 0. The standard InChI is InChI=1S/C24H35N3O4.HI/c1-3-25-24(26-10-5-11-28-18-22-6-4-12-30-22)27-15-21-8-7-19(2)14-23(21)31-17-20-9-13-29-16-20;/h4,6-8,12,14,20H,3,5,9-11,13,15-18H2,1-2H3,(H2,25,26,27);1H. The number of hydrogen-bond acceptors (Lipinski definition) is 5. The van der Waals surface area contributed by atoms with Crippen molar-refractivity contribution in [1.29, 1.82) is 0 Å². The van der Waals surface area contributed by atoms with Crippen LogP contribution in [0, 0.1) is 12.8 Å². The quantitative estimate of drug-likeness (QED) is 0.176. The van der Waals surface area contributed by atoms with Crippen molar-refractivity contribution < 1.29 is 18.6 Å². The number of guanidine groups is 1. The summed E-state index contributed by atoms with van der Waals surface area (Å²) >= 11 is 0. The number of nitrogens with zero attached hydrogens (tertiary/aromatic N) is 1. The number of rotatable bonds is 12. The normalized spacial score (nSPS) is 15.9. The average molecular weight is 557 g/mol. The molecule has 0 radical (unpaired) electrons. The van der Waals surface area contributed by atoms with Crippen LogP contribution in [-0.2, 0) is 22.6 Å². The molecule has 1 fully saturated rings. The van der Waals surface area contributed by atoms with Gasteiger partial charge >= 0.3 is 0 Å². The third-order valence-corrected chi connectivity index (χ3v) is 5.06. The first kappa shape index (κ1) is 26.5. The molecule has 2 N–H and O–H groups in total. The van der Waals surface area contributed by atoms with Crippen LogP contribution in [0.4, 0.5) is 0 Å². The van der Waals surface area contributed by atoms with Crippen molar-refractivity contribution in [3.05, 3.63) is 53.5 Å². The Morgan fingerprint density at radius 3 is 2.91 bits per heavy atom. The maximum absolute atomic E-state index is 6.14. The van der Waals surface area contributed by atoms with Crippen LogP contribution in [0.1, 0.15) is 36.7 Å². The van der Waals surface area contributed by atoms with Gasteiger partial charge in [-0.15, -0.1) is 24.0 Å². The SMILES string of the molecule is CCNC(=NCc1ccc(C)cc1OCC1CCOC1)NCCCOCc1ccco1.I. The first-order valence-corrected chi connectivity index (χ1v) is 11.2. The molecule has 2 heterocycles. The Bertz CT molecular complexity index is 793. The Kier molecular flexibility index (Phi) is 12.5. The molecule has 8 heteroatoms. The number of furan rings is 1. The number of aryl methyl sites for hydroxylation is 1. The summed E-state index contributed by atoms with van der Waals surface area (Å²) in [6.45, 7) is 9.77. The minimum atomic E-state index is 0. The lowest BCUT2D eigenvalue weighted by Crippen LogP contribution is -2.38. The highest BCUT2D eigenvalue weighted by Crippen LogP contribution is 2.23. The zero-order chi connectivity index (χ0) is 21.7. The fourth-order valence-electron chi connectivity index (χ4n) is 3.30. The van der Waals surface area contributed by atoms with E-state index in [2.05, 4.69) is 42.7 Å². The van der Waals surface area contributed by atoms with E-state index in [-0.39, 0.29) is 24.0 Å². The summed E-state index contributed by atoms with van der Waals surface area (Å²) in [4.78, 5) is 4.75. The predicted octanol–water partition coefficient (Wildman–Crippen LogP) is 4.28. The van der Waals surface area contributed by atoms with Crippen LogP contribution in [0.2, 0.25) is 0 Å². The summed E-state index contributed by atoms with van der Waals surface area (Å²) in [6.07, 6.45) is 3.61. The molecule has 1 atom stereocenters. The Labute approximate surface area is 208 Å². The zero-order valence-electron chi connectivity index (χ0n) is 19.1. The molecule has 2 aromatic rings. The van der Waals surface area contributed by atoms with Gasteiger partial charge in [0.15, 0.2) is 5.96 Å². The van der Waals surface area contributed by atoms with Crippen LogP contribution in [0.5, 0.6) is 5.75 Å². The van der Waals surface area contributed by atoms with E-state index in [1.54, 1.807) is 6.26 Å². The summed E-state index contributed by atoms with van der Waals surface area (Å²) in [5.74, 6) is 3.03. The van der Waals surface area contributed by atoms with Crippen molar-refractivity contribution in [3.8, 4) is 5.75 Å². The maximum Gasteiger partial charge on any atom is 0.191 e. The lowest BCUT2D eigenvalue weighted by Gasteiger charge is -2.15. The van der Waals surface area contributed by atoms with E-state index >= 15 is 0 Å².